The minimum Gasteiger partial charge on any atom is -0.388 e. The van der Waals surface area contributed by atoms with Gasteiger partial charge in [-0.3, -0.25) is 4.90 Å². The Balaban J connectivity index is 1.58. The summed E-state index contributed by atoms with van der Waals surface area (Å²) in [5.74, 6) is 0. The van der Waals surface area contributed by atoms with Crippen LogP contribution in [0.4, 0.5) is 0 Å². The van der Waals surface area contributed by atoms with Gasteiger partial charge in [0.1, 0.15) is 0 Å². The number of hydrogen-bond donors (Lipinski definition) is 1. The van der Waals surface area contributed by atoms with Gasteiger partial charge >= 0.3 is 0 Å². The van der Waals surface area contributed by atoms with Crippen LogP contribution in [0.25, 0.3) is 0 Å². The number of aliphatic hydroxyl groups is 1. The third kappa shape index (κ3) is 3.48. The van der Waals surface area contributed by atoms with Crippen LogP contribution >= 0.6 is 0 Å². The summed E-state index contributed by atoms with van der Waals surface area (Å²) in [5.41, 5.74) is -0.333. The third-order valence-corrected chi connectivity index (χ3v) is 5.03. The summed E-state index contributed by atoms with van der Waals surface area (Å²) in [5, 5.41) is 10.8. The molecule has 2 nitrogen and oxygen atoms in total. The normalized spacial score (nSPS) is 32.0. The van der Waals surface area contributed by atoms with E-state index in [1.807, 2.05) is 0 Å². The molecule has 0 aromatic heterocycles. The van der Waals surface area contributed by atoms with E-state index >= 15 is 0 Å². The number of nitrogens with zero attached hydrogens (tertiary/aromatic N) is 1. The topological polar surface area (TPSA) is 23.5 Å². The Morgan fingerprint density at radius 3 is 2.56 bits per heavy atom. The Kier molecular flexibility index (Phi) is 5.50. The van der Waals surface area contributed by atoms with Crippen LogP contribution in [0.15, 0.2) is 0 Å². The number of hydrogen-bond acceptors (Lipinski definition) is 2. The van der Waals surface area contributed by atoms with E-state index in [1.165, 1.54) is 64.3 Å². The number of fused-ring (bicyclic) bond motifs is 1. The molecule has 2 fully saturated rings. The monoisotopic (exact) mass is 253 g/mol. The highest BCUT2D eigenvalue weighted by Gasteiger charge is 2.47. The van der Waals surface area contributed by atoms with E-state index in [0.29, 0.717) is 6.04 Å². The van der Waals surface area contributed by atoms with Gasteiger partial charge in [-0.25, -0.2) is 0 Å². The molecule has 106 valence electrons. The van der Waals surface area contributed by atoms with Crippen molar-refractivity contribution in [1.29, 1.82) is 0 Å². The van der Waals surface area contributed by atoms with Gasteiger partial charge in [0.05, 0.1) is 5.60 Å². The molecule has 0 radical (unpaired) electrons. The maximum atomic E-state index is 10.8. The Bertz CT molecular complexity index is 243. The number of unbranched alkanes of at least 4 members (excludes halogenated alkanes) is 6. The van der Waals surface area contributed by atoms with E-state index in [-0.39, 0.29) is 5.60 Å². The van der Waals surface area contributed by atoms with Gasteiger partial charge in [0.2, 0.25) is 0 Å². The van der Waals surface area contributed by atoms with E-state index < -0.39 is 0 Å². The van der Waals surface area contributed by atoms with Crippen molar-refractivity contribution < 1.29 is 5.11 Å². The maximum absolute atomic E-state index is 10.8. The first-order chi connectivity index (χ1) is 8.76. The minimum atomic E-state index is -0.333. The van der Waals surface area contributed by atoms with E-state index in [1.54, 1.807) is 0 Å². The first-order valence-corrected chi connectivity index (χ1v) is 8.23. The summed E-state index contributed by atoms with van der Waals surface area (Å²) >= 11 is 0. The summed E-state index contributed by atoms with van der Waals surface area (Å²) in [4.78, 5) is 2.52. The average molecular weight is 253 g/mol. The molecular formula is C16H31NO. The predicted octanol–water partition coefficient (Wildman–Crippen LogP) is 3.73. The van der Waals surface area contributed by atoms with Gasteiger partial charge in [-0.1, -0.05) is 51.9 Å². The van der Waals surface area contributed by atoms with Crippen LogP contribution in [-0.2, 0) is 0 Å². The van der Waals surface area contributed by atoms with Crippen molar-refractivity contribution in [3.8, 4) is 0 Å². The summed E-state index contributed by atoms with van der Waals surface area (Å²) in [6.07, 6.45) is 14.0. The molecule has 0 saturated carbocycles. The van der Waals surface area contributed by atoms with Crippen molar-refractivity contribution in [1.82, 2.24) is 4.90 Å². The lowest BCUT2D eigenvalue weighted by Gasteiger charge is -2.30. The second kappa shape index (κ2) is 6.91. The molecule has 2 unspecified atom stereocenters. The van der Waals surface area contributed by atoms with Gasteiger partial charge in [-0.05, 0) is 32.2 Å². The molecule has 0 aromatic rings. The van der Waals surface area contributed by atoms with E-state index in [2.05, 4.69) is 11.8 Å². The first-order valence-electron chi connectivity index (χ1n) is 8.23. The van der Waals surface area contributed by atoms with Crippen LogP contribution in [-0.4, -0.2) is 34.7 Å². The van der Waals surface area contributed by atoms with Crippen LogP contribution in [0.1, 0.15) is 77.6 Å². The maximum Gasteiger partial charge on any atom is 0.0814 e. The number of rotatable bonds is 8. The fourth-order valence-corrected chi connectivity index (χ4v) is 3.89. The van der Waals surface area contributed by atoms with Gasteiger partial charge in [0.15, 0.2) is 0 Å². The SMILES string of the molecule is CCCCCCCCCC1(O)CCN2CCCC21. The van der Waals surface area contributed by atoms with Crippen molar-refractivity contribution in [2.45, 2.75) is 89.2 Å². The molecule has 2 aliphatic rings. The van der Waals surface area contributed by atoms with Crippen molar-refractivity contribution in [2.75, 3.05) is 13.1 Å². The van der Waals surface area contributed by atoms with Crippen molar-refractivity contribution >= 4 is 0 Å². The van der Waals surface area contributed by atoms with Gasteiger partial charge in [-0.15, -0.1) is 0 Å². The van der Waals surface area contributed by atoms with E-state index in [0.717, 1.165) is 19.4 Å². The van der Waals surface area contributed by atoms with Crippen LogP contribution in [0.2, 0.25) is 0 Å². The zero-order chi connectivity index (χ0) is 12.8. The smallest absolute Gasteiger partial charge is 0.0814 e. The molecule has 2 atom stereocenters. The van der Waals surface area contributed by atoms with Crippen molar-refractivity contribution in [3.63, 3.8) is 0 Å². The first kappa shape index (κ1) is 14.3. The van der Waals surface area contributed by atoms with Crippen molar-refractivity contribution in [3.05, 3.63) is 0 Å². The van der Waals surface area contributed by atoms with Gasteiger partial charge < -0.3 is 5.11 Å². The average Bonchev–Trinajstić information content (AvgIpc) is 2.94. The minimum absolute atomic E-state index is 0.333. The predicted molar refractivity (Wildman–Crippen MR) is 76.8 cm³/mol. The summed E-state index contributed by atoms with van der Waals surface area (Å²) < 4.78 is 0. The molecule has 18 heavy (non-hydrogen) atoms. The van der Waals surface area contributed by atoms with Gasteiger partial charge in [0, 0.05) is 12.6 Å². The molecule has 2 heteroatoms. The Morgan fingerprint density at radius 2 is 1.78 bits per heavy atom. The molecule has 0 amide bonds. The van der Waals surface area contributed by atoms with Crippen LogP contribution < -0.4 is 0 Å². The molecule has 0 bridgehead atoms. The lowest BCUT2D eigenvalue weighted by atomic mass is 9.87. The van der Waals surface area contributed by atoms with Gasteiger partial charge in [-0.2, -0.15) is 0 Å². The Labute approximate surface area is 113 Å². The molecule has 2 aliphatic heterocycles. The van der Waals surface area contributed by atoms with Crippen molar-refractivity contribution in [2.24, 2.45) is 0 Å². The molecule has 2 saturated heterocycles. The highest BCUT2D eigenvalue weighted by atomic mass is 16.3. The molecule has 2 heterocycles. The zero-order valence-corrected chi connectivity index (χ0v) is 12.2. The fourth-order valence-electron chi connectivity index (χ4n) is 3.89. The Hall–Kier alpha value is -0.0800. The summed E-state index contributed by atoms with van der Waals surface area (Å²) in [6.45, 7) is 4.63. The second-order valence-electron chi connectivity index (χ2n) is 6.42. The van der Waals surface area contributed by atoms with Crippen LogP contribution in [0, 0.1) is 0 Å². The Morgan fingerprint density at radius 1 is 1.06 bits per heavy atom. The molecule has 2 rings (SSSR count). The molecular weight excluding hydrogens is 222 g/mol. The molecule has 0 spiro atoms. The summed E-state index contributed by atoms with van der Waals surface area (Å²) in [6, 6.07) is 0.498. The van der Waals surface area contributed by atoms with Crippen LogP contribution in [0.5, 0.6) is 0 Å². The molecule has 0 aromatic carbocycles. The largest absolute Gasteiger partial charge is 0.388 e. The highest BCUT2D eigenvalue weighted by Crippen LogP contribution is 2.39. The van der Waals surface area contributed by atoms with Crippen LogP contribution in [0.3, 0.4) is 0 Å². The quantitative estimate of drug-likeness (QED) is 0.666. The lowest BCUT2D eigenvalue weighted by Crippen LogP contribution is -2.41. The zero-order valence-electron chi connectivity index (χ0n) is 12.2. The summed E-state index contributed by atoms with van der Waals surface area (Å²) in [7, 11) is 0. The molecule has 1 N–H and O–H groups in total. The second-order valence-corrected chi connectivity index (χ2v) is 6.42. The molecule has 0 aliphatic carbocycles. The standard InChI is InChI=1S/C16H31NO/c1-2-3-4-5-6-7-8-11-16(18)12-14-17-13-9-10-15(16)17/h15,18H,2-14H2,1H3. The van der Waals surface area contributed by atoms with Gasteiger partial charge in [0.25, 0.3) is 0 Å². The third-order valence-electron chi connectivity index (χ3n) is 5.03. The van der Waals surface area contributed by atoms with E-state index in [4.69, 9.17) is 0 Å². The highest BCUT2D eigenvalue weighted by molar-refractivity contribution is 5.02. The lowest BCUT2D eigenvalue weighted by molar-refractivity contribution is 0.00361. The fraction of sp³-hybridized carbons (Fsp3) is 1.00. The van der Waals surface area contributed by atoms with E-state index in [9.17, 15) is 5.11 Å².